The van der Waals surface area contributed by atoms with Crippen LogP contribution < -0.4 is 11.1 Å². The maximum atomic E-state index is 12.5. The number of unbranched alkanes of at least 4 members (excludes halogenated alkanes) is 1. The van der Waals surface area contributed by atoms with Crippen molar-refractivity contribution < 1.29 is 22.7 Å². The minimum Gasteiger partial charge on any atom is -0.438 e. The fourth-order valence-corrected chi connectivity index (χ4v) is 1.86. The van der Waals surface area contributed by atoms with Gasteiger partial charge in [-0.1, -0.05) is 12.2 Å². The quantitative estimate of drug-likeness (QED) is 0.525. The smallest absolute Gasteiger partial charge is 0.432 e. The Morgan fingerprint density at radius 3 is 2.73 bits per heavy atom. The maximum Gasteiger partial charge on any atom is 0.432 e. The van der Waals surface area contributed by atoms with E-state index in [9.17, 15) is 18.0 Å². The summed E-state index contributed by atoms with van der Waals surface area (Å²) in [6, 6.07) is 0. The van der Waals surface area contributed by atoms with E-state index in [1.807, 2.05) is 0 Å². The number of primary amides is 1. The van der Waals surface area contributed by atoms with Crippen molar-refractivity contribution in [1.29, 1.82) is 0 Å². The molecule has 1 aromatic rings. The number of hydrogen-bond acceptors (Lipinski definition) is 4. The van der Waals surface area contributed by atoms with E-state index >= 15 is 0 Å². The molecule has 0 saturated heterocycles. The molecule has 6 nitrogen and oxygen atoms in total. The largest absolute Gasteiger partial charge is 0.438 e. The van der Waals surface area contributed by atoms with Crippen LogP contribution in [0.1, 0.15) is 43.8 Å². The van der Waals surface area contributed by atoms with Crippen LogP contribution in [-0.4, -0.2) is 27.6 Å². The zero-order chi connectivity index (χ0) is 16.8. The third kappa shape index (κ3) is 6.29. The van der Waals surface area contributed by atoms with E-state index in [2.05, 4.69) is 15.3 Å². The molecule has 0 aliphatic heterocycles. The molecule has 0 radical (unpaired) electrons. The van der Waals surface area contributed by atoms with Crippen LogP contribution in [0.2, 0.25) is 0 Å². The Morgan fingerprint density at radius 2 is 2.23 bits per heavy atom. The Bertz CT molecular complexity index is 519. The summed E-state index contributed by atoms with van der Waals surface area (Å²) in [5.41, 5.74) is 3.94. The summed E-state index contributed by atoms with van der Waals surface area (Å²) >= 11 is 4.85. The summed E-state index contributed by atoms with van der Waals surface area (Å²) < 4.78 is 42.4. The predicted molar refractivity (Wildman–Crippen MR) is 77.1 cm³/mol. The summed E-state index contributed by atoms with van der Waals surface area (Å²) in [4.78, 5) is 17.3. The van der Waals surface area contributed by atoms with Crippen LogP contribution >= 0.6 is 12.2 Å². The first-order valence-electron chi connectivity index (χ1n) is 6.52. The lowest BCUT2D eigenvalue weighted by molar-refractivity contribution is -0.141. The summed E-state index contributed by atoms with van der Waals surface area (Å²) in [6.45, 7) is 2.38. The van der Waals surface area contributed by atoms with E-state index in [4.69, 9.17) is 22.7 Å². The second-order valence-corrected chi connectivity index (χ2v) is 5.20. The number of amides is 1. The van der Waals surface area contributed by atoms with Gasteiger partial charge in [-0.25, -0.2) is 9.78 Å². The second kappa shape index (κ2) is 7.97. The summed E-state index contributed by atoms with van der Waals surface area (Å²) in [5, 5.41) is 2.95. The molecular weight excluding hydrogens is 321 g/mol. The minimum atomic E-state index is -4.54. The Balaban J connectivity index is 2.62. The highest BCUT2D eigenvalue weighted by Gasteiger charge is 2.34. The first-order chi connectivity index (χ1) is 10.2. The molecule has 0 aliphatic carbocycles. The lowest BCUT2D eigenvalue weighted by Gasteiger charge is -2.14. The normalized spacial score (nSPS) is 12.7. The van der Waals surface area contributed by atoms with Crippen molar-refractivity contribution in [3.05, 3.63) is 17.7 Å². The Hall–Kier alpha value is -1.84. The van der Waals surface area contributed by atoms with Gasteiger partial charge in [0.25, 0.3) is 0 Å². The molecule has 0 saturated carbocycles. The van der Waals surface area contributed by atoms with E-state index < -0.39 is 24.1 Å². The number of carbonyl (C=O) groups excluding carboxylic acids is 1. The average molecular weight is 338 g/mol. The number of nitrogens with one attached hydrogen (secondary N) is 2. The van der Waals surface area contributed by atoms with Crippen molar-refractivity contribution in [2.45, 2.75) is 38.5 Å². The van der Waals surface area contributed by atoms with Gasteiger partial charge in [-0.2, -0.15) is 13.2 Å². The minimum absolute atomic E-state index is 0.0786. The average Bonchev–Trinajstić information content (AvgIpc) is 2.85. The standard InChI is InChI=1S/C12H17F3N4O2S/c1-7(22)17-5-3-2-4-8(21-11(16)20)10-18-6-9(19-10)12(13,14)15/h6,8H,2-5H2,1H3,(H2,16,20)(H,17,22)(H,18,19). The number of aromatic amines is 1. The van der Waals surface area contributed by atoms with E-state index in [1.165, 1.54) is 0 Å². The molecule has 1 amide bonds. The topological polar surface area (TPSA) is 93.0 Å². The highest BCUT2D eigenvalue weighted by atomic mass is 32.1. The van der Waals surface area contributed by atoms with E-state index in [-0.39, 0.29) is 5.82 Å². The van der Waals surface area contributed by atoms with Crippen molar-refractivity contribution >= 4 is 23.3 Å². The molecule has 0 aliphatic rings. The fourth-order valence-electron chi connectivity index (χ4n) is 1.76. The van der Waals surface area contributed by atoms with Gasteiger partial charge in [-0.3, -0.25) is 0 Å². The molecule has 1 unspecified atom stereocenters. The zero-order valence-electron chi connectivity index (χ0n) is 11.9. The number of imidazole rings is 1. The molecule has 0 fully saturated rings. The molecule has 1 atom stereocenters. The van der Waals surface area contributed by atoms with Gasteiger partial charge in [0.2, 0.25) is 0 Å². The highest BCUT2D eigenvalue weighted by Crippen LogP contribution is 2.29. The number of thiocarbonyl (C=S) groups is 1. The van der Waals surface area contributed by atoms with Gasteiger partial charge in [0.1, 0.15) is 11.5 Å². The number of rotatable bonds is 7. The first-order valence-corrected chi connectivity index (χ1v) is 6.93. The molecule has 22 heavy (non-hydrogen) atoms. The van der Waals surface area contributed by atoms with Crippen LogP contribution in [0.3, 0.4) is 0 Å². The highest BCUT2D eigenvalue weighted by molar-refractivity contribution is 7.80. The number of H-pyrrole nitrogens is 1. The predicted octanol–water partition coefficient (Wildman–Crippen LogP) is 2.67. The van der Waals surface area contributed by atoms with Crippen molar-refractivity contribution in [3.63, 3.8) is 0 Å². The number of ether oxygens (including phenoxy) is 1. The van der Waals surface area contributed by atoms with Crippen molar-refractivity contribution in [2.24, 2.45) is 5.73 Å². The first kappa shape index (κ1) is 18.2. The Kier molecular flexibility index (Phi) is 6.60. The number of alkyl halides is 3. The van der Waals surface area contributed by atoms with Crippen molar-refractivity contribution in [2.75, 3.05) is 6.54 Å². The summed E-state index contributed by atoms with van der Waals surface area (Å²) in [6.07, 6.45) is -4.29. The van der Waals surface area contributed by atoms with Gasteiger partial charge in [-0.15, -0.1) is 0 Å². The SMILES string of the molecule is CC(=S)NCCCCC(OC(N)=O)c1ncc(C(F)(F)F)[nH]1. The van der Waals surface area contributed by atoms with Crippen LogP contribution in [0.4, 0.5) is 18.0 Å². The second-order valence-electron chi connectivity index (χ2n) is 4.58. The molecule has 0 aromatic carbocycles. The molecule has 0 spiro atoms. The lowest BCUT2D eigenvalue weighted by atomic mass is 10.1. The van der Waals surface area contributed by atoms with Gasteiger partial charge in [0.15, 0.2) is 6.10 Å². The Labute approximate surface area is 130 Å². The molecular formula is C12H17F3N4O2S. The van der Waals surface area contributed by atoms with Crippen LogP contribution in [0.25, 0.3) is 0 Å². The van der Waals surface area contributed by atoms with Crippen LogP contribution in [0.15, 0.2) is 6.20 Å². The van der Waals surface area contributed by atoms with Crippen LogP contribution in [-0.2, 0) is 10.9 Å². The van der Waals surface area contributed by atoms with Crippen LogP contribution in [0.5, 0.6) is 0 Å². The molecule has 124 valence electrons. The molecule has 1 heterocycles. The number of carbonyl (C=O) groups is 1. The van der Waals surface area contributed by atoms with Crippen LogP contribution in [0, 0.1) is 0 Å². The van der Waals surface area contributed by atoms with E-state index in [0.29, 0.717) is 37.0 Å². The molecule has 0 bridgehead atoms. The Morgan fingerprint density at radius 1 is 1.55 bits per heavy atom. The van der Waals surface area contributed by atoms with Gasteiger partial charge in [-0.05, 0) is 26.2 Å². The maximum absolute atomic E-state index is 12.5. The number of hydrogen-bond donors (Lipinski definition) is 3. The third-order valence-electron chi connectivity index (χ3n) is 2.73. The third-order valence-corrected chi connectivity index (χ3v) is 2.88. The summed E-state index contributed by atoms with van der Waals surface area (Å²) in [5.74, 6) is -0.0786. The molecule has 1 rings (SSSR count). The zero-order valence-corrected chi connectivity index (χ0v) is 12.7. The molecule has 10 heteroatoms. The van der Waals surface area contributed by atoms with Gasteiger partial charge >= 0.3 is 12.3 Å². The van der Waals surface area contributed by atoms with Crippen molar-refractivity contribution in [1.82, 2.24) is 15.3 Å². The lowest BCUT2D eigenvalue weighted by Crippen LogP contribution is -2.20. The monoisotopic (exact) mass is 338 g/mol. The number of nitrogens with zero attached hydrogens (tertiary/aromatic N) is 1. The number of halogens is 3. The fraction of sp³-hybridized carbons (Fsp3) is 0.583. The number of nitrogens with two attached hydrogens (primary N) is 1. The van der Waals surface area contributed by atoms with Gasteiger partial charge in [0.05, 0.1) is 11.2 Å². The summed E-state index contributed by atoms with van der Waals surface area (Å²) in [7, 11) is 0. The number of aromatic nitrogens is 2. The van der Waals surface area contributed by atoms with Gasteiger partial charge < -0.3 is 20.8 Å². The van der Waals surface area contributed by atoms with Crippen molar-refractivity contribution in [3.8, 4) is 0 Å². The molecule has 4 N–H and O–H groups in total. The van der Waals surface area contributed by atoms with E-state index in [0.717, 1.165) is 0 Å². The molecule has 1 aromatic heterocycles. The van der Waals surface area contributed by atoms with Gasteiger partial charge in [0, 0.05) is 6.54 Å². The van der Waals surface area contributed by atoms with E-state index in [1.54, 1.807) is 6.92 Å².